The lowest BCUT2D eigenvalue weighted by Gasteiger charge is -2.22. The molecular weight excluding hydrogens is 166 g/mol. The van der Waals surface area contributed by atoms with Gasteiger partial charge < -0.3 is 9.64 Å². The number of ether oxygens (including phenoxy) is 1. The summed E-state index contributed by atoms with van der Waals surface area (Å²) in [6, 6.07) is 0.388. The van der Waals surface area contributed by atoms with Gasteiger partial charge in [0.05, 0.1) is 13.0 Å². The molecule has 0 saturated heterocycles. The van der Waals surface area contributed by atoms with Crippen LogP contribution in [0.5, 0.6) is 0 Å². The van der Waals surface area contributed by atoms with Crippen LogP contribution in [0.4, 0.5) is 0 Å². The topological polar surface area (TPSA) is 29.5 Å². The van der Waals surface area contributed by atoms with E-state index in [2.05, 4.69) is 4.90 Å². The Morgan fingerprint density at radius 1 is 1.54 bits per heavy atom. The second-order valence-electron chi connectivity index (χ2n) is 3.88. The number of nitrogens with zero attached hydrogens (tertiary/aromatic N) is 1. The Bertz CT molecular complexity index is 174. The lowest BCUT2D eigenvalue weighted by atomic mass is 10.1. The molecule has 3 nitrogen and oxygen atoms in total. The zero-order valence-electron chi connectivity index (χ0n) is 8.75. The molecule has 0 aliphatic heterocycles. The summed E-state index contributed by atoms with van der Waals surface area (Å²) < 4.78 is 4.93. The monoisotopic (exact) mass is 185 g/mol. The van der Waals surface area contributed by atoms with Gasteiger partial charge in [-0.05, 0) is 39.8 Å². The first-order valence-electron chi connectivity index (χ1n) is 4.97. The smallest absolute Gasteiger partial charge is 0.307 e. The second kappa shape index (κ2) is 4.61. The molecule has 0 amide bonds. The van der Waals surface area contributed by atoms with E-state index in [-0.39, 0.29) is 5.97 Å². The fraction of sp³-hybridized carbons (Fsp3) is 0.900. The van der Waals surface area contributed by atoms with Crippen molar-refractivity contribution in [3.05, 3.63) is 0 Å². The summed E-state index contributed by atoms with van der Waals surface area (Å²) in [5.74, 6) is 0.660. The number of carbonyl (C=O) groups excluding carboxylic acids is 1. The molecule has 76 valence electrons. The van der Waals surface area contributed by atoms with Gasteiger partial charge in [-0.3, -0.25) is 4.79 Å². The SMILES string of the molecule is CCOC(=O)CC(C1CC1)N(C)C. The molecule has 1 rings (SSSR count). The molecule has 0 radical (unpaired) electrons. The van der Waals surface area contributed by atoms with Crippen molar-refractivity contribution in [1.82, 2.24) is 4.90 Å². The summed E-state index contributed by atoms with van der Waals surface area (Å²) in [6.07, 6.45) is 3.08. The highest BCUT2D eigenvalue weighted by Crippen LogP contribution is 2.36. The molecule has 0 aromatic carbocycles. The van der Waals surface area contributed by atoms with E-state index in [9.17, 15) is 4.79 Å². The Balaban J connectivity index is 2.33. The van der Waals surface area contributed by atoms with Crippen molar-refractivity contribution in [2.75, 3.05) is 20.7 Å². The minimum atomic E-state index is -0.0619. The van der Waals surface area contributed by atoms with E-state index in [1.54, 1.807) is 0 Å². The maximum Gasteiger partial charge on any atom is 0.307 e. The highest BCUT2D eigenvalue weighted by atomic mass is 16.5. The third-order valence-electron chi connectivity index (χ3n) is 2.51. The molecule has 1 fully saturated rings. The summed E-state index contributed by atoms with van der Waals surface area (Å²) in [7, 11) is 4.06. The largest absolute Gasteiger partial charge is 0.466 e. The molecule has 0 aromatic heterocycles. The van der Waals surface area contributed by atoms with Crippen LogP contribution in [0.25, 0.3) is 0 Å². The van der Waals surface area contributed by atoms with Crippen LogP contribution in [0.3, 0.4) is 0 Å². The Morgan fingerprint density at radius 3 is 2.54 bits per heavy atom. The average Bonchev–Trinajstić information content (AvgIpc) is 2.82. The lowest BCUT2D eigenvalue weighted by Crippen LogP contribution is -2.32. The molecule has 0 N–H and O–H groups in total. The zero-order chi connectivity index (χ0) is 9.84. The predicted molar refractivity (Wildman–Crippen MR) is 51.4 cm³/mol. The molecule has 0 bridgehead atoms. The molecule has 1 atom stereocenters. The molecule has 1 aliphatic rings. The number of esters is 1. The highest BCUT2D eigenvalue weighted by Gasteiger charge is 2.34. The van der Waals surface area contributed by atoms with Crippen LogP contribution in [-0.4, -0.2) is 37.6 Å². The van der Waals surface area contributed by atoms with Crippen LogP contribution in [-0.2, 0) is 9.53 Å². The van der Waals surface area contributed by atoms with E-state index in [4.69, 9.17) is 4.74 Å². The number of hydrogen-bond acceptors (Lipinski definition) is 3. The van der Waals surface area contributed by atoms with Crippen molar-refractivity contribution in [2.24, 2.45) is 5.92 Å². The number of carbonyl (C=O) groups is 1. The molecule has 3 heteroatoms. The van der Waals surface area contributed by atoms with Crippen LogP contribution in [0.1, 0.15) is 26.2 Å². The van der Waals surface area contributed by atoms with Gasteiger partial charge in [-0.1, -0.05) is 0 Å². The minimum absolute atomic E-state index is 0.0619. The zero-order valence-corrected chi connectivity index (χ0v) is 8.75. The number of rotatable bonds is 5. The Labute approximate surface area is 80.1 Å². The predicted octanol–water partition coefficient (Wildman–Crippen LogP) is 1.28. The maximum absolute atomic E-state index is 11.2. The fourth-order valence-corrected chi connectivity index (χ4v) is 1.64. The van der Waals surface area contributed by atoms with Gasteiger partial charge in [-0.25, -0.2) is 0 Å². The first kappa shape index (κ1) is 10.5. The highest BCUT2D eigenvalue weighted by molar-refractivity contribution is 5.70. The van der Waals surface area contributed by atoms with Crippen LogP contribution in [0.2, 0.25) is 0 Å². The first-order chi connectivity index (χ1) is 6.15. The van der Waals surface area contributed by atoms with Gasteiger partial charge in [0.25, 0.3) is 0 Å². The van der Waals surface area contributed by atoms with Gasteiger partial charge in [-0.15, -0.1) is 0 Å². The molecule has 0 spiro atoms. The van der Waals surface area contributed by atoms with Crippen molar-refractivity contribution in [3.63, 3.8) is 0 Å². The van der Waals surface area contributed by atoms with E-state index in [0.717, 1.165) is 5.92 Å². The van der Waals surface area contributed by atoms with Crippen molar-refractivity contribution >= 4 is 5.97 Å². The molecule has 1 saturated carbocycles. The quantitative estimate of drug-likeness (QED) is 0.604. The van der Waals surface area contributed by atoms with Gasteiger partial charge in [-0.2, -0.15) is 0 Å². The molecule has 0 heterocycles. The van der Waals surface area contributed by atoms with Gasteiger partial charge >= 0.3 is 5.97 Å². The average molecular weight is 185 g/mol. The van der Waals surface area contributed by atoms with Crippen molar-refractivity contribution in [3.8, 4) is 0 Å². The molecule has 1 aliphatic carbocycles. The van der Waals surface area contributed by atoms with Crippen molar-refractivity contribution in [2.45, 2.75) is 32.2 Å². The third-order valence-corrected chi connectivity index (χ3v) is 2.51. The first-order valence-corrected chi connectivity index (χ1v) is 4.97. The standard InChI is InChI=1S/C10H19NO2/c1-4-13-10(12)7-9(11(2)3)8-5-6-8/h8-9H,4-7H2,1-3H3. The van der Waals surface area contributed by atoms with Gasteiger partial charge in [0.2, 0.25) is 0 Å². The summed E-state index contributed by atoms with van der Waals surface area (Å²) in [4.78, 5) is 13.4. The van der Waals surface area contributed by atoms with E-state index in [1.165, 1.54) is 12.8 Å². The van der Waals surface area contributed by atoms with Crippen LogP contribution in [0, 0.1) is 5.92 Å². The van der Waals surface area contributed by atoms with Crippen LogP contribution >= 0.6 is 0 Å². The lowest BCUT2D eigenvalue weighted by molar-refractivity contribution is -0.144. The molecule has 0 aromatic rings. The van der Waals surface area contributed by atoms with Gasteiger partial charge in [0, 0.05) is 6.04 Å². The molecule has 13 heavy (non-hydrogen) atoms. The van der Waals surface area contributed by atoms with Crippen molar-refractivity contribution < 1.29 is 9.53 Å². The maximum atomic E-state index is 11.2. The van der Waals surface area contributed by atoms with Gasteiger partial charge in [0.15, 0.2) is 0 Å². The van der Waals surface area contributed by atoms with E-state index >= 15 is 0 Å². The number of hydrogen-bond donors (Lipinski definition) is 0. The Kier molecular flexibility index (Phi) is 3.72. The van der Waals surface area contributed by atoms with Gasteiger partial charge in [0.1, 0.15) is 0 Å². The van der Waals surface area contributed by atoms with Crippen LogP contribution in [0.15, 0.2) is 0 Å². The molecule has 1 unspecified atom stereocenters. The fourth-order valence-electron chi connectivity index (χ4n) is 1.64. The van der Waals surface area contributed by atoms with Crippen molar-refractivity contribution in [1.29, 1.82) is 0 Å². The normalized spacial score (nSPS) is 18.8. The summed E-state index contributed by atoms with van der Waals surface area (Å²) >= 11 is 0. The summed E-state index contributed by atoms with van der Waals surface area (Å²) in [5, 5.41) is 0. The third kappa shape index (κ3) is 3.35. The Hall–Kier alpha value is -0.570. The van der Waals surface area contributed by atoms with Crippen LogP contribution < -0.4 is 0 Å². The van der Waals surface area contributed by atoms with E-state index in [1.807, 2.05) is 21.0 Å². The Morgan fingerprint density at radius 2 is 2.15 bits per heavy atom. The van der Waals surface area contributed by atoms with E-state index in [0.29, 0.717) is 19.1 Å². The molecular formula is C10H19NO2. The second-order valence-corrected chi connectivity index (χ2v) is 3.88. The minimum Gasteiger partial charge on any atom is -0.466 e. The van der Waals surface area contributed by atoms with E-state index < -0.39 is 0 Å². The summed E-state index contributed by atoms with van der Waals surface area (Å²) in [6.45, 7) is 2.34. The summed E-state index contributed by atoms with van der Waals surface area (Å²) in [5.41, 5.74) is 0.